The quantitative estimate of drug-likeness (QED) is 0.739. The van der Waals surface area contributed by atoms with Gasteiger partial charge in [-0.05, 0) is 19.3 Å². The zero-order valence-corrected chi connectivity index (χ0v) is 8.99. The first-order chi connectivity index (χ1) is 6.20. The first-order valence-corrected chi connectivity index (χ1v) is 5.00. The number of aliphatic hydroxyl groups is 1. The van der Waals surface area contributed by atoms with Crippen molar-refractivity contribution in [2.75, 3.05) is 0 Å². The van der Waals surface area contributed by atoms with Crippen LogP contribution in [0.4, 0.5) is 13.2 Å². The summed E-state index contributed by atoms with van der Waals surface area (Å²) in [5, 5.41) is 9.20. The third kappa shape index (κ3) is 4.31. The minimum absolute atomic E-state index is 0.0911. The van der Waals surface area contributed by atoms with E-state index in [1.807, 2.05) is 6.92 Å². The molecule has 0 aliphatic carbocycles. The Morgan fingerprint density at radius 3 is 2.14 bits per heavy atom. The Labute approximate surface area is 83.3 Å². The van der Waals surface area contributed by atoms with Gasteiger partial charge in [-0.1, -0.05) is 33.1 Å². The average molecular weight is 212 g/mol. The van der Waals surface area contributed by atoms with Crippen LogP contribution in [0.3, 0.4) is 0 Å². The summed E-state index contributed by atoms with van der Waals surface area (Å²) < 4.78 is 36.8. The molecule has 2 unspecified atom stereocenters. The number of rotatable bonds is 5. The molecular weight excluding hydrogens is 193 g/mol. The number of hydrogen-bond acceptors (Lipinski definition) is 1. The fourth-order valence-corrected chi connectivity index (χ4v) is 1.45. The van der Waals surface area contributed by atoms with Crippen molar-refractivity contribution < 1.29 is 18.3 Å². The van der Waals surface area contributed by atoms with Crippen LogP contribution >= 0.6 is 0 Å². The molecule has 0 radical (unpaired) electrons. The van der Waals surface area contributed by atoms with Crippen LogP contribution < -0.4 is 0 Å². The van der Waals surface area contributed by atoms with E-state index in [0.29, 0.717) is 0 Å². The highest BCUT2D eigenvalue weighted by Gasteiger charge is 2.49. The number of hydrogen-bond donors (Lipinski definition) is 1. The van der Waals surface area contributed by atoms with Crippen LogP contribution in [0.25, 0.3) is 0 Å². The number of alkyl halides is 3. The van der Waals surface area contributed by atoms with Gasteiger partial charge in [0.15, 0.2) is 5.60 Å². The van der Waals surface area contributed by atoms with Crippen LogP contribution in [0, 0.1) is 5.92 Å². The predicted octanol–water partition coefficient (Wildman–Crippen LogP) is 3.52. The van der Waals surface area contributed by atoms with Crippen LogP contribution in [0.5, 0.6) is 0 Å². The third-order valence-electron chi connectivity index (χ3n) is 2.41. The van der Waals surface area contributed by atoms with E-state index in [1.165, 1.54) is 0 Å². The van der Waals surface area contributed by atoms with Crippen molar-refractivity contribution in [1.82, 2.24) is 0 Å². The average Bonchev–Trinajstić information content (AvgIpc) is 1.97. The van der Waals surface area contributed by atoms with E-state index < -0.39 is 11.8 Å². The first kappa shape index (κ1) is 13.8. The highest BCUT2D eigenvalue weighted by Crippen LogP contribution is 2.35. The Kier molecular flexibility index (Phi) is 4.92. The summed E-state index contributed by atoms with van der Waals surface area (Å²) in [4.78, 5) is 0. The summed E-state index contributed by atoms with van der Waals surface area (Å²) in [5.74, 6) is -0.0911. The summed E-state index contributed by atoms with van der Waals surface area (Å²) >= 11 is 0. The third-order valence-corrected chi connectivity index (χ3v) is 2.41. The fourth-order valence-electron chi connectivity index (χ4n) is 1.45. The van der Waals surface area contributed by atoms with Crippen molar-refractivity contribution in [1.29, 1.82) is 0 Å². The van der Waals surface area contributed by atoms with Gasteiger partial charge < -0.3 is 5.11 Å². The van der Waals surface area contributed by atoms with Crippen molar-refractivity contribution >= 4 is 0 Å². The lowest BCUT2D eigenvalue weighted by Gasteiger charge is -2.29. The van der Waals surface area contributed by atoms with Crippen molar-refractivity contribution in [2.45, 2.75) is 58.2 Å². The normalized spacial score (nSPS) is 19.1. The summed E-state index contributed by atoms with van der Waals surface area (Å²) in [7, 11) is 0. The Morgan fingerprint density at radius 1 is 1.29 bits per heavy atom. The van der Waals surface area contributed by atoms with E-state index in [0.717, 1.165) is 26.2 Å². The molecule has 0 aliphatic heterocycles. The van der Waals surface area contributed by atoms with E-state index in [-0.39, 0.29) is 12.3 Å². The van der Waals surface area contributed by atoms with Crippen LogP contribution in [-0.4, -0.2) is 16.9 Å². The summed E-state index contributed by atoms with van der Waals surface area (Å²) in [6.07, 6.45) is -2.11. The zero-order chi connectivity index (χ0) is 11.4. The molecule has 0 rings (SSSR count). The molecule has 86 valence electrons. The maximum Gasteiger partial charge on any atom is 0.416 e. The minimum atomic E-state index is -4.52. The van der Waals surface area contributed by atoms with Gasteiger partial charge in [-0.3, -0.25) is 0 Å². The molecule has 0 heterocycles. The highest BCUT2D eigenvalue weighted by molar-refractivity contribution is 4.83. The second kappa shape index (κ2) is 5.01. The van der Waals surface area contributed by atoms with Crippen molar-refractivity contribution in [2.24, 2.45) is 5.92 Å². The molecular formula is C10H19F3O. The summed E-state index contributed by atoms with van der Waals surface area (Å²) in [5.41, 5.74) is -2.54. The number of halogens is 3. The van der Waals surface area contributed by atoms with Gasteiger partial charge in [0, 0.05) is 0 Å². The summed E-state index contributed by atoms with van der Waals surface area (Å²) in [6, 6.07) is 0. The van der Waals surface area contributed by atoms with Crippen molar-refractivity contribution in [3.63, 3.8) is 0 Å². The zero-order valence-electron chi connectivity index (χ0n) is 8.99. The first-order valence-electron chi connectivity index (χ1n) is 5.00. The minimum Gasteiger partial charge on any atom is -0.381 e. The lowest BCUT2D eigenvalue weighted by Crippen LogP contribution is -2.43. The van der Waals surface area contributed by atoms with E-state index in [4.69, 9.17) is 0 Å². The van der Waals surface area contributed by atoms with Crippen LogP contribution in [0.15, 0.2) is 0 Å². The molecule has 4 heteroatoms. The molecule has 0 aromatic carbocycles. The van der Waals surface area contributed by atoms with Gasteiger partial charge in [0.2, 0.25) is 0 Å². The molecule has 1 N–H and O–H groups in total. The molecule has 1 nitrogen and oxygen atoms in total. The molecule has 0 saturated carbocycles. The molecule has 0 saturated heterocycles. The van der Waals surface area contributed by atoms with E-state index in [2.05, 4.69) is 0 Å². The van der Waals surface area contributed by atoms with Gasteiger partial charge in [0.1, 0.15) is 0 Å². The van der Waals surface area contributed by atoms with Gasteiger partial charge in [0.05, 0.1) is 0 Å². The van der Waals surface area contributed by atoms with Gasteiger partial charge in [0.25, 0.3) is 0 Å². The molecule has 0 aromatic rings. The standard InChI is InChI=1S/C10H19F3O/c1-4-5-6-8(2)7-9(3,14)10(11,12)13/h8,14H,4-7H2,1-3H3. The maximum absolute atomic E-state index is 12.3. The second-order valence-electron chi connectivity index (χ2n) is 4.22. The van der Waals surface area contributed by atoms with E-state index in [9.17, 15) is 18.3 Å². The molecule has 0 aliphatic rings. The lowest BCUT2D eigenvalue weighted by molar-refractivity contribution is -0.258. The van der Waals surface area contributed by atoms with E-state index in [1.54, 1.807) is 6.92 Å². The molecule has 0 fully saturated rings. The number of unbranched alkanes of at least 4 members (excludes halogenated alkanes) is 1. The maximum atomic E-state index is 12.3. The molecule has 0 aromatic heterocycles. The van der Waals surface area contributed by atoms with Gasteiger partial charge in [-0.15, -0.1) is 0 Å². The molecule has 0 spiro atoms. The second-order valence-corrected chi connectivity index (χ2v) is 4.22. The largest absolute Gasteiger partial charge is 0.416 e. The topological polar surface area (TPSA) is 20.2 Å². The SMILES string of the molecule is CCCCC(C)CC(C)(O)C(F)(F)F. The van der Waals surface area contributed by atoms with Crippen molar-refractivity contribution in [3.05, 3.63) is 0 Å². The van der Waals surface area contributed by atoms with Gasteiger partial charge in [-0.25, -0.2) is 0 Å². The Hall–Kier alpha value is -0.250. The Balaban J connectivity index is 4.08. The Bertz CT molecular complexity index is 163. The predicted molar refractivity (Wildman–Crippen MR) is 50.0 cm³/mol. The molecule has 0 amide bonds. The Morgan fingerprint density at radius 2 is 1.79 bits per heavy atom. The van der Waals surface area contributed by atoms with Crippen LogP contribution in [-0.2, 0) is 0 Å². The fraction of sp³-hybridized carbons (Fsp3) is 1.00. The van der Waals surface area contributed by atoms with Gasteiger partial charge in [-0.2, -0.15) is 13.2 Å². The molecule has 2 atom stereocenters. The van der Waals surface area contributed by atoms with Crippen LogP contribution in [0.2, 0.25) is 0 Å². The molecule has 0 bridgehead atoms. The molecule has 14 heavy (non-hydrogen) atoms. The van der Waals surface area contributed by atoms with Gasteiger partial charge >= 0.3 is 6.18 Å². The smallest absolute Gasteiger partial charge is 0.381 e. The monoisotopic (exact) mass is 212 g/mol. The highest BCUT2D eigenvalue weighted by atomic mass is 19.4. The lowest BCUT2D eigenvalue weighted by atomic mass is 9.89. The van der Waals surface area contributed by atoms with E-state index >= 15 is 0 Å². The summed E-state index contributed by atoms with van der Waals surface area (Å²) in [6.45, 7) is 4.58. The van der Waals surface area contributed by atoms with Crippen molar-refractivity contribution in [3.8, 4) is 0 Å². The van der Waals surface area contributed by atoms with Crippen LogP contribution in [0.1, 0.15) is 46.5 Å².